The maximum Gasteiger partial charge on any atom is 0.233 e. The van der Waals surface area contributed by atoms with Crippen molar-refractivity contribution < 1.29 is 4.79 Å². The normalized spacial score (nSPS) is 14.8. The van der Waals surface area contributed by atoms with Gasteiger partial charge in [0.2, 0.25) is 5.91 Å². The van der Waals surface area contributed by atoms with Gasteiger partial charge >= 0.3 is 0 Å². The van der Waals surface area contributed by atoms with Crippen molar-refractivity contribution in [1.29, 1.82) is 0 Å². The average molecular weight is 260 g/mol. The SMILES string of the molecule is CC(Cn1cccn1)NC(=O)C(C)Br. The summed E-state index contributed by atoms with van der Waals surface area (Å²) in [5, 5.41) is 6.93. The summed E-state index contributed by atoms with van der Waals surface area (Å²) in [7, 11) is 0. The van der Waals surface area contributed by atoms with Gasteiger partial charge in [-0.1, -0.05) is 15.9 Å². The van der Waals surface area contributed by atoms with E-state index in [1.807, 2.05) is 19.2 Å². The minimum atomic E-state index is -0.150. The van der Waals surface area contributed by atoms with Gasteiger partial charge in [0, 0.05) is 18.4 Å². The zero-order chi connectivity index (χ0) is 10.6. The van der Waals surface area contributed by atoms with Gasteiger partial charge in [0.25, 0.3) is 0 Å². The lowest BCUT2D eigenvalue weighted by molar-refractivity contribution is -0.120. The molecule has 1 rings (SSSR count). The predicted molar refractivity (Wildman–Crippen MR) is 58.2 cm³/mol. The van der Waals surface area contributed by atoms with E-state index in [9.17, 15) is 4.79 Å². The summed E-state index contributed by atoms with van der Waals surface area (Å²) >= 11 is 3.21. The molecule has 0 bridgehead atoms. The van der Waals surface area contributed by atoms with E-state index in [2.05, 4.69) is 26.3 Å². The fourth-order valence-electron chi connectivity index (χ4n) is 1.09. The molecule has 0 spiro atoms. The van der Waals surface area contributed by atoms with Crippen LogP contribution in [0.4, 0.5) is 0 Å². The summed E-state index contributed by atoms with van der Waals surface area (Å²) in [5.41, 5.74) is 0. The number of carbonyl (C=O) groups is 1. The van der Waals surface area contributed by atoms with E-state index < -0.39 is 0 Å². The summed E-state index contributed by atoms with van der Waals surface area (Å²) in [5.74, 6) is 0.00431. The van der Waals surface area contributed by atoms with Crippen LogP contribution in [0.1, 0.15) is 13.8 Å². The molecule has 0 radical (unpaired) electrons. The summed E-state index contributed by atoms with van der Waals surface area (Å²) in [6.45, 7) is 4.45. The highest BCUT2D eigenvalue weighted by Crippen LogP contribution is 1.98. The highest BCUT2D eigenvalue weighted by Gasteiger charge is 2.11. The second-order valence-electron chi connectivity index (χ2n) is 3.25. The van der Waals surface area contributed by atoms with E-state index in [4.69, 9.17) is 0 Å². The number of nitrogens with one attached hydrogen (secondary N) is 1. The molecule has 1 aromatic heterocycles. The topological polar surface area (TPSA) is 46.9 Å². The van der Waals surface area contributed by atoms with Crippen molar-refractivity contribution in [3.63, 3.8) is 0 Å². The molecule has 0 aromatic carbocycles. The predicted octanol–water partition coefficient (Wildman–Crippen LogP) is 1.17. The van der Waals surface area contributed by atoms with Crippen LogP contribution in [0.3, 0.4) is 0 Å². The number of hydrogen-bond donors (Lipinski definition) is 1. The van der Waals surface area contributed by atoms with Crippen LogP contribution in [0, 0.1) is 0 Å². The van der Waals surface area contributed by atoms with Gasteiger partial charge in [-0.2, -0.15) is 5.10 Å². The number of hydrogen-bond acceptors (Lipinski definition) is 2. The standard InChI is InChI=1S/C9H14BrN3O/c1-7(12-9(14)8(2)10)6-13-5-3-4-11-13/h3-5,7-8H,6H2,1-2H3,(H,12,14). The minimum Gasteiger partial charge on any atom is -0.351 e. The second-order valence-corrected chi connectivity index (χ2v) is 4.63. The Morgan fingerprint density at radius 1 is 1.64 bits per heavy atom. The second kappa shape index (κ2) is 5.14. The zero-order valence-electron chi connectivity index (χ0n) is 8.27. The van der Waals surface area contributed by atoms with Crippen molar-refractivity contribution in [2.24, 2.45) is 0 Å². The third kappa shape index (κ3) is 3.49. The zero-order valence-corrected chi connectivity index (χ0v) is 9.86. The van der Waals surface area contributed by atoms with Gasteiger partial charge in [-0.15, -0.1) is 0 Å². The average Bonchev–Trinajstić information content (AvgIpc) is 2.56. The van der Waals surface area contributed by atoms with Gasteiger partial charge in [0.05, 0.1) is 11.4 Å². The van der Waals surface area contributed by atoms with Crippen LogP contribution in [0.5, 0.6) is 0 Å². The molecule has 0 saturated heterocycles. The maximum absolute atomic E-state index is 11.3. The lowest BCUT2D eigenvalue weighted by atomic mass is 10.3. The molecule has 0 aliphatic rings. The smallest absolute Gasteiger partial charge is 0.233 e. The first-order valence-corrected chi connectivity index (χ1v) is 5.43. The lowest BCUT2D eigenvalue weighted by Crippen LogP contribution is -2.39. The number of amides is 1. The largest absolute Gasteiger partial charge is 0.351 e. The van der Waals surface area contributed by atoms with Crippen LogP contribution in [0.2, 0.25) is 0 Å². The number of alkyl halides is 1. The van der Waals surface area contributed by atoms with E-state index in [1.54, 1.807) is 17.8 Å². The minimum absolute atomic E-state index is 0.00431. The van der Waals surface area contributed by atoms with E-state index in [-0.39, 0.29) is 16.8 Å². The van der Waals surface area contributed by atoms with Crippen LogP contribution in [0.15, 0.2) is 18.5 Å². The number of halogens is 1. The van der Waals surface area contributed by atoms with Crippen molar-refractivity contribution >= 4 is 21.8 Å². The summed E-state index contributed by atoms with van der Waals surface area (Å²) in [6, 6.07) is 1.95. The molecule has 1 heterocycles. The molecule has 2 atom stereocenters. The van der Waals surface area contributed by atoms with E-state index >= 15 is 0 Å². The van der Waals surface area contributed by atoms with Crippen LogP contribution in [-0.4, -0.2) is 26.6 Å². The van der Waals surface area contributed by atoms with Gasteiger partial charge in [-0.3, -0.25) is 9.48 Å². The van der Waals surface area contributed by atoms with E-state index in [0.717, 1.165) is 0 Å². The fourth-order valence-corrected chi connectivity index (χ4v) is 1.22. The molecule has 78 valence electrons. The van der Waals surface area contributed by atoms with Crippen molar-refractivity contribution in [2.75, 3.05) is 0 Å². The molecule has 14 heavy (non-hydrogen) atoms. The van der Waals surface area contributed by atoms with Gasteiger partial charge < -0.3 is 5.32 Å². The highest BCUT2D eigenvalue weighted by molar-refractivity contribution is 9.10. The molecule has 0 aliphatic carbocycles. The Labute approximate surface area is 91.8 Å². The first-order chi connectivity index (χ1) is 6.59. The van der Waals surface area contributed by atoms with E-state index in [1.165, 1.54) is 0 Å². The van der Waals surface area contributed by atoms with Crippen molar-refractivity contribution in [3.8, 4) is 0 Å². The molecule has 4 nitrogen and oxygen atoms in total. The maximum atomic E-state index is 11.3. The Morgan fingerprint density at radius 2 is 2.36 bits per heavy atom. The number of aromatic nitrogens is 2. The quantitative estimate of drug-likeness (QED) is 0.826. The third-order valence-corrected chi connectivity index (χ3v) is 2.19. The molecule has 5 heteroatoms. The van der Waals surface area contributed by atoms with E-state index in [0.29, 0.717) is 6.54 Å². The molecule has 2 unspecified atom stereocenters. The summed E-state index contributed by atoms with van der Waals surface area (Å²) in [4.78, 5) is 11.1. The molecule has 0 fully saturated rings. The molecule has 0 saturated carbocycles. The lowest BCUT2D eigenvalue weighted by Gasteiger charge is -2.14. The van der Waals surface area contributed by atoms with Crippen molar-refractivity contribution in [2.45, 2.75) is 31.3 Å². The monoisotopic (exact) mass is 259 g/mol. The highest BCUT2D eigenvalue weighted by atomic mass is 79.9. The van der Waals surface area contributed by atoms with Gasteiger partial charge in [-0.05, 0) is 19.9 Å². The van der Waals surface area contributed by atoms with Crippen LogP contribution in [-0.2, 0) is 11.3 Å². The van der Waals surface area contributed by atoms with Crippen LogP contribution in [0.25, 0.3) is 0 Å². The Hall–Kier alpha value is -0.840. The number of carbonyl (C=O) groups excluding carboxylic acids is 1. The van der Waals surface area contributed by atoms with Crippen molar-refractivity contribution in [1.82, 2.24) is 15.1 Å². The van der Waals surface area contributed by atoms with Gasteiger partial charge in [0.1, 0.15) is 0 Å². The Bertz CT molecular complexity index is 284. The van der Waals surface area contributed by atoms with Crippen LogP contribution >= 0.6 is 15.9 Å². The molecule has 1 N–H and O–H groups in total. The fraction of sp³-hybridized carbons (Fsp3) is 0.556. The third-order valence-electron chi connectivity index (χ3n) is 1.77. The van der Waals surface area contributed by atoms with Gasteiger partial charge in [-0.25, -0.2) is 0 Å². The Kier molecular flexibility index (Phi) is 4.13. The summed E-state index contributed by atoms with van der Waals surface area (Å²) in [6.07, 6.45) is 3.60. The van der Waals surface area contributed by atoms with Gasteiger partial charge in [0.15, 0.2) is 0 Å². The number of rotatable bonds is 4. The summed E-state index contributed by atoms with van der Waals surface area (Å²) < 4.78 is 1.80. The number of nitrogens with zero attached hydrogens (tertiary/aromatic N) is 2. The molecule has 1 aromatic rings. The molecular formula is C9H14BrN3O. The molecule has 0 aliphatic heterocycles. The molecular weight excluding hydrogens is 246 g/mol. The Morgan fingerprint density at radius 3 is 2.86 bits per heavy atom. The van der Waals surface area contributed by atoms with Crippen LogP contribution < -0.4 is 5.32 Å². The molecule has 1 amide bonds. The van der Waals surface area contributed by atoms with Crippen molar-refractivity contribution in [3.05, 3.63) is 18.5 Å². The first-order valence-electron chi connectivity index (χ1n) is 4.51. The Balaban J connectivity index is 2.36. The first kappa shape index (κ1) is 11.2.